The van der Waals surface area contributed by atoms with Crippen molar-refractivity contribution in [2.45, 2.75) is 25.2 Å². The van der Waals surface area contributed by atoms with Gasteiger partial charge in [-0.15, -0.1) is 0 Å². The predicted molar refractivity (Wildman–Crippen MR) is 89.0 cm³/mol. The number of halogens is 2. The van der Waals surface area contributed by atoms with Crippen LogP contribution in [0.2, 0.25) is 0 Å². The van der Waals surface area contributed by atoms with Crippen molar-refractivity contribution in [1.29, 1.82) is 0 Å². The van der Waals surface area contributed by atoms with Crippen LogP contribution in [0.4, 0.5) is 8.78 Å². The van der Waals surface area contributed by atoms with E-state index in [1.165, 1.54) is 0 Å². The second kappa shape index (κ2) is 5.40. The summed E-state index contributed by atoms with van der Waals surface area (Å²) in [5.41, 5.74) is 1.96. The minimum absolute atomic E-state index is 0.00615. The van der Waals surface area contributed by atoms with Gasteiger partial charge in [-0.25, -0.2) is 8.78 Å². The Kier molecular flexibility index (Phi) is 3.44. The lowest BCUT2D eigenvalue weighted by Gasteiger charge is -2.32. The molecule has 4 heteroatoms. The van der Waals surface area contributed by atoms with Gasteiger partial charge in [0.2, 0.25) is 0 Å². The largest absolute Gasteiger partial charge is 0.339 e. The molecule has 0 bridgehead atoms. The van der Waals surface area contributed by atoms with Gasteiger partial charge in [-0.3, -0.25) is 4.79 Å². The molecule has 124 valence electrons. The Hall–Kier alpha value is -2.23. The van der Waals surface area contributed by atoms with Gasteiger partial charge in [-0.2, -0.15) is 0 Å². The molecule has 0 aromatic heterocycles. The SMILES string of the molecule is O=C(c1ccc(-c2ccccc2)cc1)N1CCC2(CC1)CC2(F)F. The van der Waals surface area contributed by atoms with Gasteiger partial charge in [0.05, 0.1) is 0 Å². The van der Waals surface area contributed by atoms with Crippen molar-refractivity contribution >= 4 is 5.91 Å². The molecule has 0 unspecified atom stereocenters. The monoisotopic (exact) mass is 327 g/mol. The number of carbonyl (C=O) groups is 1. The van der Waals surface area contributed by atoms with Crippen molar-refractivity contribution in [3.05, 3.63) is 60.2 Å². The molecule has 1 aliphatic heterocycles. The normalized spacial score (nSPS) is 20.8. The molecule has 1 aliphatic carbocycles. The number of benzene rings is 2. The summed E-state index contributed by atoms with van der Waals surface area (Å²) in [6.07, 6.45) is 0.815. The number of nitrogens with zero attached hydrogens (tertiary/aromatic N) is 1. The molecular formula is C20H19F2NO. The predicted octanol–water partition coefficient (Wildman–Crippen LogP) is 4.62. The van der Waals surface area contributed by atoms with Crippen LogP contribution >= 0.6 is 0 Å². The molecule has 2 aromatic carbocycles. The lowest BCUT2D eigenvalue weighted by Crippen LogP contribution is -2.40. The Bertz CT molecular complexity index is 747. The molecule has 0 atom stereocenters. The minimum Gasteiger partial charge on any atom is -0.339 e. The second-order valence-electron chi connectivity index (χ2n) is 6.90. The van der Waals surface area contributed by atoms with E-state index in [-0.39, 0.29) is 12.3 Å². The summed E-state index contributed by atoms with van der Waals surface area (Å²) in [4.78, 5) is 14.3. The van der Waals surface area contributed by atoms with E-state index in [9.17, 15) is 13.6 Å². The van der Waals surface area contributed by atoms with Gasteiger partial charge in [0.25, 0.3) is 11.8 Å². The van der Waals surface area contributed by atoms with Crippen molar-refractivity contribution in [3.8, 4) is 11.1 Å². The Morgan fingerprint density at radius 2 is 1.42 bits per heavy atom. The number of piperidine rings is 1. The zero-order valence-electron chi connectivity index (χ0n) is 13.3. The van der Waals surface area contributed by atoms with Crippen LogP contribution in [-0.4, -0.2) is 29.8 Å². The van der Waals surface area contributed by atoms with Gasteiger partial charge in [0, 0.05) is 30.5 Å². The maximum Gasteiger partial charge on any atom is 0.254 e. The average Bonchev–Trinajstić information content (AvgIpc) is 3.15. The summed E-state index contributed by atoms with van der Waals surface area (Å²) in [6.45, 7) is 0.851. The van der Waals surface area contributed by atoms with E-state index in [0.29, 0.717) is 31.5 Å². The molecular weight excluding hydrogens is 308 g/mol. The first-order chi connectivity index (χ1) is 11.5. The maximum absolute atomic E-state index is 13.4. The van der Waals surface area contributed by atoms with Crippen molar-refractivity contribution < 1.29 is 13.6 Å². The molecule has 1 amide bonds. The molecule has 2 aliphatic rings. The number of amides is 1. The molecule has 1 saturated heterocycles. The summed E-state index contributed by atoms with van der Waals surface area (Å²) >= 11 is 0. The first-order valence-corrected chi connectivity index (χ1v) is 8.33. The molecule has 2 aromatic rings. The highest BCUT2D eigenvalue weighted by Crippen LogP contribution is 2.65. The fourth-order valence-electron chi connectivity index (χ4n) is 3.68. The highest BCUT2D eigenvalue weighted by atomic mass is 19.3. The van der Waals surface area contributed by atoms with E-state index in [0.717, 1.165) is 11.1 Å². The molecule has 2 nitrogen and oxygen atoms in total. The van der Waals surface area contributed by atoms with E-state index >= 15 is 0 Å². The van der Waals surface area contributed by atoms with Crippen LogP contribution in [0.1, 0.15) is 29.6 Å². The highest BCUT2D eigenvalue weighted by Gasteiger charge is 2.70. The number of likely N-dealkylation sites (tertiary alicyclic amines) is 1. The van der Waals surface area contributed by atoms with E-state index < -0.39 is 11.3 Å². The number of rotatable bonds is 2. The van der Waals surface area contributed by atoms with E-state index in [1.54, 1.807) is 4.90 Å². The third-order valence-electron chi connectivity index (χ3n) is 5.46. The fraction of sp³-hybridized carbons (Fsp3) is 0.350. The minimum atomic E-state index is -2.51. The number of alkyl halides is 2. The van der Waals surface area contributed by atoms with Gasteiger partial charge >= 0.3 is 0 Å². The molecule has 0 N–H and O–H groups in total. The van der Waals surface area contributed by atoms with Crippen LogP contribution in [0.15, 0.2) is 54.6 Å². The topological polar surface area (TPSA) is 20.3 Å². The zero-order chi connectivity index (χ0) is 16.8. The molecule has 2 fully saturated rings. The number of hydrogen-bond acceptors (Lipinski definition) is 1. The van der Waals surface area contributed by atoms with Crippen LogP contribution in [-0.2, 0) is 0 Å². The van der Waals surface area contributed by atoms with Crippen LogP contribution < -0.4 is 0 Å². The third kappa shape index (κ3) is 2.50. The third-order valence-corrected chi connectivity index (χ3v) is 5.46. The van der Waals surface area contributed by atoms with Crippen LogP contribution in [0.5, 0.6) is 0 Å². The molecule has 1 saturated carbocycles. The van der Waals surface area contributed by atoms with Crippen LogP contribution in [0, 0.1) is 5.41 Å². The van der Waals surface area contributed by atoms with Gasteiger partial charge in [0.1, 0.15) is 0 Å². The average molecular weight is 327 g/mol. The second-order valence-corrected chi connectivity index (χ2v) is 6.90. The molecule has 1 spiro atoms. The lowest BCUT2D eigenvalue weighted by molar-refractivity contribution is 0.0284. The Balaban J connectivity index is 1.44. The lowest BCUT2D eigenvalue weighted by atomic mass is 9.92. The van der Waals surface area contributed by atoms with E-state index in [2.05, 4.69) is 0 Å². The first-order valence-electron chi connectivity index (χ1n) is 8.33. The van der Waals surface area contributed by atoms with Gasteiger partial charge in [-0.05, 0) is 36.1 Å². The summed E-state index contributed by atoms with van der Waals surface area (Å²) < 4.78 is 26.9. The van der Waals surface area contributed by atoms with Crippen molar-refractivity contribution in [3.63, 3.8) is 0 Å². The molecule has 4 rings (SSSR count). The smallest absolute Gasteiger partial charge is 0.254 e. The molecule has 24 heavy (non-hydrogen) atoms. The Morgan fingerprint density at radius 3 is 1.96 bits per heavy atom. The summed E-state index contributed by atoms with van der Waals surface area (Å²) in [5, 5.41) is 0. The van der Waals surface area contributed by atoms with Crippen molar-refractivity contribution in [2.75, 3.05) is 13.1 Å². The highest BCUT2D eigenvalue weighted by molar-refractivity contribution is 5.94. The first kappa shape index (κ1) is 15.3. The van der Waals surface area contributed by atoms with Crippen LogP contribution in [0.3, 0.4) is 0 Å². The van der Waals surface area contributed by atoms with Gasteiger partial charge in [0.15, 0.2) is 0 Å². The van der Waals surface area contributed by atoms with Gasteiger partial charge in [-0.1, -0.05) is 42.5 Å². The summed E-state index contributed by atoms with van der Waals surface area (Å²) in [6, 6.07) is 17.5. The molecule has 1 heterocycles. The number of hydrogen-bond donors (Lipinski definition) is 0. The molecule has 0 radical (unpaired) electrons. The van der Waals surface area contributed by atoms with E-state index in [4.69, 9.17) is 0 Å². The summed E-state index contributed by atoms with van der Waals surface area (Å²) in [5.74, 6) is -2.58. The van der Waals surface area contributed by atoms with E-state index in [1.807, 2.05) is 54.6 Å². The summed E-state index contributed by atoms with van der Waals surface area (Å²) in [7, 11) is 0. The van der Waals surface area contributed by atoms with Gasteiger partial charge < -0.3 is 4.90 Å². The number of carbonyl (C=O) groups excluding carboxylic acids is 1. The maximum atomic E-state index is 13.4. The quantitative estimate of drug-likeness (QED) is 0.788. The Labute approximate surface area is 140 Å². The standard InChI is InChI=1S/C20H19F2NO/c21-20(22)14-19(20)10-12-23(13-11-19)18(24)17-8-6-16(7-9-17)15-4-2-1-3-5-15/h1-9H,10-14H2. The van der Waals surface area contributed by atoms with Crippen molar-refractivity contribution in [1.82, 2.24) is 4.90 Å². The fourth-order valence-corrected chi connectivity index (χ4v) is 3.68. The van der Waals surface area contributed by atoms with Crippen molar-refractivity contribution in [2.24, 2.45) is 5.41 Å². The Morgan fingerprint density at radius 1 is 0.875 bits per heavy atom. The van der Waals surface area contributed by atoms with Crippen LogP contribution in [0.25, 0.3) is 11.1 Å². The zero-order valence-corrected chi connectivity index (χ0v) is 13.3.